The predicted molar refractivity (Wildman–Crippen MR) is 223 cm³/mol. The lowest BCUT2D eigenvalue weighted by Crippen LogP contribution is -2.60. The van der Waals surface area contributed by atoms with E-state index >= 15 is 0 Å². The van der Waals surface area contributed by atoms with E-state index in [0.29, 0.717) is 72.6 Å². The van der Waals surface area contributed by atoms with Crippen LogP contribution < -0.4 is 5.32 Å². The molecule has 0 unspecified atom stereocenters. The first kappa shape index (κ1) is 42.1. The maximum atomic E-state index is 14.3. The molecule has 4 aliphatic rings. The minimum atomic E-state index is -3.66. The molecule has 3 aromatic rings. The zero-order valence-corrected chi connectivity index (χ0v) is 35.9. The van der Waals surface area contributed by atoms with E-state index in [1.54, 1.807) is 18.6 Å². The van der Waals surface area contributed by atoms with Crippen molar-refractivity contribution in [3.63, 3.8) is 0 Å². The van der Waals surface area contributed by atoms with Gasteiger partial charge in [0, 0.05) is 60.6 Å². The molecule has 7 rings (SSSR count). The number of thiophene rings is 1. The number of amides is 3. The number of fused-ring (bicyclic) bond motifs is 3. The fourth-order valence-electron chi connectivity index (χ4n) is 8.25. The standard InChI is InChI=1S/C40H52N5O8PS3/c1-3-5-36(46)55-15-13-52-54(51,53-14-16-56-37(47)6-4-2)24-26-7-10-34-29(17-26)21-35(57-34)38(48)42-32-20-28-18-27(28)19-30-8-9-33(45(30)39(32)49)40(50)44-22-31(23-44)43-12-11-41-25-43/h7,10-12,17,21,25,27-28,30-33H,3-6,8-9,13-16,18-20,22-24H2,1-2H3,(H,42,48)/t27-,28+,30-,32+,33+/m1/s1. The molecular weight excluding hydrogens is 806 g/mol. The first-order chi connectivity index (χ1) is 27.5. The maximum absolute atomic E-state index is 14.3. The molecule has 0 radical (unpaired) electrons. The number of hydrogen-bond donors (Lipinski definition) is 1. The third-order valence-electron chi connectivity index (χ3n) is 11.3. The van der Waals surface area contributed by atoms with Crippen molar-refractivity contribution in [3.05, 3.63) is 53.4 Å². The summed E-state index contributed by atoms with van der Waals surface area (Å²) in [5.74, 6) is 1.09. The highest BCUT2D eigenvalue weighted by Crippen LogP contribution is 2.52. The number of rotatable bonds is 18. The summed E-state index contributed by atoms with van der Waals surface area (Å²) in [6, 6.07) is 6.33. The summed E-state index contributed by atoms with van der Waals surface area (Å²) >= 11 is 3.62. The maximum Gasteiger partial charge on any atom is 0.335 e. The number of imidazole rings is 1. The third-order valence-corrected chi connectivity index (χ3v) is 16.1. The SMILES string of the molecule is CCCC(=O)SCCOP(=O)(Cc1ccc2sc(C(=O)N[C@H]3C[C@@H]4C[C@@H]4C[C@H]4CC[C@@H](C(=O)N5CC(n6ccnc6)C5)N4C3=O)cc2c1)OCCSC(=O)CCC. The Labute approximate surface area is 346 Å². The van der Waals surface area contributed by atoms with E-state index < -0.39 is 19.7 Å². The van der Waals surface area contributed by atoms with Crippen molar-refractivity contribution in [3.8, 4) is 0 Å². The molecule has 3 aliphatic heterocycles. The van der Waals surface area contributed by atoms with Gasteiger partial charge in [-0.05, 0) is 85.9 Å². The van der Waals surface area contributed by atoms with Gasteiger partial charge in [-0.3, -0.25) is 28.5 Å². The Kier molecular flexibility index (Phi) is 14.0. The fraction of sp³-hybridized carbons (Fsp3) is 0.600. The highest BCUT2D eigenvalue weighted by atomic mass is 32.2. The monoisotopic (exact) mass is 857 g/mol. The van der Waals surface area contributed by atoms with Gasteiger partial charge in [0.25, 0.3) is 5.91 Å². The molecule has 1 N–H and O–H groups in total. The lowest BCUT2D eigenvalue weighted by atomic mass is 9.98. The lowest BCUT2D eigenvalue weighted by Gasteiger charge is -2.43. The number of hydrogen-bond acceptors (Lipinski definition) is 12. The van der Waals surface area contributed by atoms with Crippen molar-refractivity contribution in [2.24, 2.45) is 11.8 Å². The summed E-state index contributed by atoms with van der Waals surface area (Å²) in [5, 5.41) is 3.98. The van der Waals surface area contributed by atoms with Crippen LogP contribution in [0.2, 0.25) is 0 Å². The van der Waals surface area contributed by atoms with Crippen LogP contribution >= 0.6 is 42.5 Å². The van der Waals surface area contributed by atoms with E-state index in [-0.39, 0.29) is 59.4 Å². The second-order valence-corrected chi connectivity index (χ2v) is 21.0. The Bertz CT molecular complexity index is 1960. The molecule has 2 aromatic heterocycles. The molecule has 5 heterocycles. The molecular formula is C40H52N5O8PS3. The van der Waals surface area contributed by atoms with Crippen LogP contribution in [0.1, 0.15) is 92.9 Å². The fourth-order valence-corrected chi connectivity index (χ4v) is 12.6. The highest BCUT2D eigenvalue weighted by molar-refractivity contribution is 8.13. The number of thioether (sulfide) groups is 2. The summed E-state index contributed by atoms with van der Waals surface area (Å²) in [5.41, 5.74) is 0.698. The van der Waals surface area contributed by atoms with E-state index in [0.717, 1.165) is 65.7 Å². The molecule has 0 bridgehead atoms. The molecule has 4 fully saturated rings. The topological polar surface area (TPSA) is 157 Å². The van der Waals surface area contributed by atoms with Crippen molar-refractivity contribution in [1.82, 2.24) is 24.7 Å². The van der Waals surface area contributed by atoms with E-state index in [9.17, 15) is 28.5 Å². The van der Waals surface area contributed by atoms with Crippen LogP contribution in [-0.4, -0.2) is 103 Å². The second-order valence-electron chi connectivity index (χ2n) is 15.5. The van der Waals surface area contributed by atoms with Gasteiger partial charge in [0.15, 0.2) is 10.2 Å². The Morgan fingerprint density at radius 3 is 2.30 bits per heavy atom. The first-order valence-corrected chi connectivity index (χ1v) is 24.7. The van der Waals surface area contributed by atoms with Crippen LogP contribution in [0.3, 0.4) is 0 Å². The number of carbonyl (C=O) groups excluding carboxylic acids is 5. The van der Waals surface area contributed by atoms with Gasteiger partial charge in [-0.15, -0.1) is 11.3 Å². The Morgan fingerprint density at radius 2 is 1.63 bits per heavy atom. The number of carbonyl (C=O) groups is 5. The number of nitrogens with one attached hydrogen (secondary N) is 1. The van der Waals surface area contributed by atoms with Gasteiger partial charge < -0.3 is 28.7 Å². The number of likely N-dealkylation sites (tertiary alicyclic amines) is 1. The Morgan fingerprint density at radius 1 is 0.930 bits per heavy atom. The van der Waals surface area contributed by atoms with Crippen molar-refractivity contribution in [2.45, 2.75) is 102 Å². The van der Waals surface area contributed by atoms with Crippen LogP contribution in [0.5, 0.6) is 0 Å². The van der Waals surface area contributed by atoms with Gasteiger partial charge in [0.05, 0.1) is 36.6 Å². The smallest absolute Gasteiger partial charge is 0.335 e. The zero-order valence-electron chi connectivity index (χ0n) is 32.5. The second kappa shape index (κ2) is 18.9. The number of aromatic nitrogens is 2. The minimum Gasteiger partial charge on any atom is -0.340 e. The molecule has 1 aromatic carbocycles. The summed E-state index contributed by atoms with van der Waals surface area (Å²) in [6.07, 6.45) is 11.8. The normalized spacial score (nSPS) is 23.4. The molecule has 308 valence electrons. The Hall–Kier alpha value is -3.01. The van der Waals surface area contributed by atoms with Gasteiger partial charge in [-0.25, -0.2) is 4.98 Å². The van der Waals surface area contributed by atoms with Crippen LogP contribution in [0, 0.1) is 11.8 Å². The van der Waals surface area contributed by atoms with Crippen molar-refractivity contribution in [1.29, 1.82) is 0 Å². The minimum absolute atomic E-state index is 0.00293. The van der Waals surface area contributed by atoms with Crippen LogP contribution in [0.15, 0.2) is 43.0 Å². The van der Waals surface area contributed by atoms with Gasteiger partial charge in [0.1, 0.15) is 12.1 Å². The summed E-state index contributed by atoms with van der Waals surface area (Å²) in [7, 11) is -3.66. The van der Waals surface area contributed by atoms with Crippen molar-refractivity contribution >= 4 is 80.5 Å². The average molecular weight is 858 g/mol. The number of nitrogens with zero attached hydrogens (tertiary/aromatic N) is 4. The summed E-state index contributed by atoms with van der Waals surface area (Å²) in [6.45, 7) is 5.22. The summed E-state index contributed by atoms with van der Waals surface area (Å²) < 4.78 is 28.6. The van der Waals surface area contributed by atoms with Crippen LogP contribution in [0.25, 0.3) is 10.1 Å². The predicted octanol–water partition coefficient (Wildman–Crippen LogP) is 6.92. The van der Waals surface area contributed by atoms with E-state index in [1.165, 1.54) is 11.3 Å². The Balaban J connectivity index is 0.999. The van der Waals surface area contributed by atoms with Crippen LogP contribution in [-0.2, 0) is 39.0 Å². The van der Waals surface area contributed by atoms with Crippen LogP contribution in [0.4, 0.5) is 0 Å². The van der Waals surface area contributed by atoms with E-state index in [4.69, 9.17) is 9.05 Å². The van der Waals surface area contributed by atoms with Crippen molar-refractivity contribution in [2.75, 3.05) is 37.8 Å². The molecule has 1 aliphatic carbocycles. The van der Waals surface area contributed by atoms with Gasteiger partial charge in [0.2, 0.25) is 11.8 Å². The van der Waals surface area contributed by atoms with Gasteiger partial charge >= 0.3 is 7.60 Å². The third kappa shape index (κ3) is 10.4. The zero-order chi connectivity index (χ0) is 40.1. The van der Waals surface area contributed by atoms with E-state index in [1.807, 2.05) is 52.6 Å². The molecule has 3 saturated heterocycles. The molecule has 0 spiro atoms. The van der Waals surface area contributed by atoms with E-state index in [2.05, 4.69) is 10.3 Å². The van der Waals surface area contributed by atoms with Gasteiger partial charge in [-0.1, -0.05) is 43.4 Å². The largest absolute Gasteiger partial charge is 0.340 e. The molecule has 5 atom stereocenters. The quantitative estimate of drug-likeness (QED) is 0.105. The number of benzene rings is 1. The average Bonchev–Trinajstić information content (AvgIpc) is 3.55. The molecule has 13 nitrogen and oxygen atoms in total. The highest BCUT2D eigenvalue weighted by Gasteiger charge is 2.52. The van der Waals surface area contributed by atoms with Crippen molar-refractivity contribution < 1.29 is 37.6 Å². The summed E-state index contributed by atoms with van der Waals surface area (Å²) in [4.78, 5) is 74.2. The first-order valence-electron chi connectivity index (χ1n) is 20.1. The lowest BCUT2D eigenvalue weighted by molar-refractivity contribution is -0.150. The molecule has 57 heavy (non-hydrogen) atoms. The van der Waals surface area contributed by atoms with Gasteiger partial charge in [-0.2, -0.15) is 0 Å². The molecule has 1 saturated carbocycles. The molecule has 3 amide bonds. The molecule has 17 heteroatoms.